The first-order valence-corrected chi connectivity index (χ1v) is 6.86. The monoisotopic (exact) mass is 319 g/mol. The molecule has 0 saturated carbocycles. The molecule has 1 unspecified atom stereocenters. The number of aromatic nitrogens is 2. The summed E-state index contributed by atoms with van der Waals surface area (Å²) >= 11 is 3.44. The van der Waals surface area contributed by atoms with Crippen molar-refractivity contribution in [3.8, 4) is 0 Å². The van der Waals surface area contributed by atoms with E-state index in [1.807, 2.05) is 44.2 Å². The van der Waals surface area contributed by atoms with Gasteiger partial charge in [-0.1, -0.05) is 18.2 Å². The SMILES string of the molecule is Cc1nn(C(C)c2cc3ccccc3o2)c(N)c1Br. The van der Waals surface area contributed by atoms with E-state index >= 15 is 0 Å². The Bertz CT molecular complexity index is 711. The number of anilines is 1. The third-order valence-corrected chi connectivity index (χ3v) is 4.25. The lowest BCUT2D eigenvalue weighted by molar-refractivity contribution is 0.447. The summed E-state index contributed by atoms with van der Waals surface area (Å²) in [6.07, 6.45) is 0. The average molecular weight is 320 g/mol. The van der Waals surface area contributed by atoms with Gasteiger partial charge in [0.05, 0.1) is 10.2 Å². The lowest BCUT2D eigenvalue weighted by Gasteiger charge is -2.10. The van der Waals surface area contributed by atoms with Crippen LogP contribution in [0.25, 0.3) is 11.0 Å². The average Bonchev–Trinajstić information content (AvgIpc) is 2.95. The van der Waals surface area contributed by atoms with Crippen LogP contribution in [0.1, 0.15) is 24.4 Å². The minimum absolute atomic E-state index is 0.0441. The molecule has 1 atom stereocenters. The number of furan rings is 1. The van der Waals surface area contributed by atoms with Crippen molar-refractivity contribution in [1.82, 2.24) is 9.78 Å². The molecule has 0 amide bonds. The largest absolute Gasteiger partial charge is 0.459 e. The second-order valence-corrected chi connectivity index (χ2v) is 5.38. The Balaban J connectivity index is 2.07. The van der Waals surface area contributed by atoms with Crippen LogP contribution in [0, 0.1) is 6.92 Å². The smallest absolute Gasteiger partial charge is 0.137 e. The molecule has 3 aromatic rings. The molecular formula is C14H14BrN3O. The molecule has 3 rings (SSSR count). The van der Waals surface area contributed by atoms with Crippen LogP contribution >= 0.6 is 15.9 Å². The van der Waals surface area contributed by atoms with Gasteiger partial charge in [-0.3, -0.25) is 0 Å². The number of fused-ring (bicyclic) bond motifs is 1. The van der Waals surface area contributed by atoms with Gasteiger partial charge in [-0.2, -0.15) is 5.10 Å². The van der Waals surface area contributed by atoms with Gasteiger partial charge in [0.15, 0.2) is 0 Å². The number of para-hydroxylation sites is 1. The summed E-state index contributed by atoms with van der Waals surface area (Å²) in [6, 6.07) is 9.93. The number of hydrogen-bond acceptors (Lipinski definition) is 3. The number of nitrogens with two attached hydrogens (primary N) is 1. The van der Waals surface area contributed by atoms with Crippen LogP contribution in [0.3, 0.4) is 0 Å². The van der Waals surface area contributed by atoms with Gasteiger partial charge in [0.1, 0.15) is 23.2 Å². The van der Waals surface area contributed by atoms with Gasteiger partial charge >= 0.3 is 0 Å². The normalized spacial score (nSPS) is 13.0. The predicted octanol–water partition coefficient (Wildman–Crippen LogP) is 3.89. The molecule has 0 radical (unpaired) electrons. The lowest BCUT2D eigenvalue weighted by atomic mass is 10.2. The van der Waals surface area contributed by atoms with Crippen LogP contribution in [0.2, 0.25) is 0 Å². The Morgan fingerprint density at radius 3 is 2.74 bits per heavy atom. The van der Waals surface area contributed by atoms with Gasteiger partial charge in [0.2, 0.25) is 0 Å². The van der Waals surface area contributed by atoms with Crippen molar-refractivity contribution in [3.63, 3.8) is 0 Å². The summed E-state index contributed by atoms with van der Waals surface area (Å²) in [7, 11) is 0. The third-order valence-electron chi connectivity index (χ3n) is 3.27. The van der Waals surface area contributed by atoms with E-state index in [2.05, 4.69) is 21.0 Å². The van der Waals surface area contributed by atoms with E-state index in [-0.39, 0.29) is 6.04 Å². The van der Waals surface area contributed by atoms with Crippen molar-refractivity contribution in [2.24, 2.45) is 0 Å². The number of hydrogen-bond donors (Lipinski definition) is 1. The van der Waals surface area contributed by atoms with E-state index < -0.39 is 0 Å². The van der Waals surface area contributed by atoms with Crippen LogP contribution in [-0.2, 0) is 0 Å². The molecular weight excluding hydrogens is 306 g/mol. The van der Waals surface area contributed by atoms with Crippen molar-refractivity contribution < 1.29 is 4.42 Å². The van der Waals surface area contributed by atoms with Crippen LogP contribution < -0.4 is 5.73 Å². The molecule has 2 aromatic heterocycles. The molecule has 0 aliphatic carbocycles. The first kappa shape index (κ1) is 12.3. The van der Waals surface area contributed by atoms with Crippen molar-refractivity contribution in [3.05, 3.63) is 46.3 Å². The zero-order valence-corrected chi connectivity index (χ0v) is 12.3. The summed E-state index contributed by atoms with van der Waals surface area (Å²) in [4.78, 5) is 0. The Morgan fingerprint density at radius 2 is 2.11 bits per heavy atom. The van der Waals surface area contributed by atoms with Crippen LogP contribution in [-0.4, -0.2) is 9.78 Å². The molecule has 4 nitrogen and oxygen atoms in total. The highest BCUT2D eigenvalue weighted by atomic mass is 79.9. The van der Waals surface area contributed by atoms with E-state index in [0.29, 0.717) is 5.82 Å². The lowest BCUT2D eigenvalue weighted by Crippen LogP contribution is -2.10. The van der Waals surface area contributed by atoms with Gasteiger partial charge < -0.3 is 10.2 Å². The van der Waals surface area contributed by atoms with Crippen molar-refractivity contribution in [1.29, 1.82) is 0 Å². The zero-order valence-electron chi connectivity index (χ0n) is 10.7. The molecule has 0 spiro atoms. The van der Waals surface area contributed by atoms with Crippen LogP contribution in [0.4, 0.5) is 5.82 Å². The molecule has 0 bridgehead atoms. The zero-order chi connectivity index (χ0) is 13.6. The highest BCUT2D eigenvalue weighted by Gasteiger charge is 2.19. The van der Waals surface area contributed by atoms with Gasteiger partial charge in [-0.25, -0.2) is 4.68 Å². The van der Waals surface area contributed by atoms with Gasteiger partial charge in [-0.15, -0.1) is 0 Å². The minimum atomic E-state index is -0.0441. The van der Waals surface area contributed by atoms with E-state index in [9.17, 15) is 0 Å². The van der Waals surface area contributed by atoms with Crippen LogP contribution in [0.15, 0.2) is 39.2 Å². The maximum absolute atomic E-state index is 6.05. The fourth-order valence-electron chi connectivity index (χ4n) is 2.17. The van der Waals surface area contributed by atoms with Crippen molar-refractivity contribution in [2.75, 3.05) is 5.73 Å². The number of rotatable bonds is 2. The molecule has 0 saturated heterocycles. The summed E-state index contributed by atoms with van der Waals surface area (Å²) in [6.45, 7) is 3.94. The molecule has 0 fully saturated rings. The van der Waals surface area contributed by atoms with E-state index in [4.69, 9.17) is 10.2 Å². The second kappa shape index (κ2) is 4.42. The fraction of sp³-hybridized carbons (Fsp3) is 0.214. The van der Waals surface area contributed by atoms with E-state index in [1.165, 1.54) is 0 Å². The maximum Gasteiger partial charge on any atom is 0.137 e. The Morgan fingerprint density at radius 1 is 1.37 bits per heavy atom. The van der Waals surface area contributed by atoms with Crippen molar-refractivity contribution in [2.45, 2.75) is 19.9 Å². The summed E-state index contributed by atoms with van der Waals surface area (Å²) in [5.41, 5.74) is 7.80. The molecule has 2 N–H and O–H groups in total. The highest BCUT2D eigenvalue weighted by Crippen LogP contribution is 2.31. The maximum atomic E-state index is 6.05. The quantitative estimate of drug-likeness (QED) is 0.779. The molecule has 0 aliphatic heterocycles. The van der Waals surface area contributed by atoms with Gasteiger partial charge in [-0.05, 0) is 41.9 Å². The Kier molecular flexibility index (Phi) is 2.86. The molecule has 98 valence electrons. The van der Waals surface area contributed by atoms with Gasteiger partial charge in [0, 0.05) is 5.39 Å². The minimum Gasteiger partial charge on any atom is -0.459 e. The standard InChI is InChI=1S/C14H14BrN3O/c1-8-13(15)14(16)18(17-8)9(2)12-7-10-5-3-4-6-11(10)19-12/h3-7,9H,16H2,1-2H3. The second-order valence-electron chi connectivity index (χ2n) is 4.59. The summed E-state index contributed by atoms with van der Waals surface area (Å²) in [5, 5.41) is 5.53. The van der Waals surface area contributed by atoms with E-state index in [1.54, 1.807) is 4.68 Å². The number of aryl methyl sites for hydroxylation is 1. The predicted molar refractivity (Wildman–Crippen MR) is 79.1 cm³/mol. The molecule has 1 aromatic carbocycles. The fourth-order valence-corrected chi connectivity index (χ4v) is 2.43. The number of benzene rings is 1. The molecule has 19 heavy (non-hydrogen) atoms. The summed E-state index contributed by atoms with van der Waals surface area (Å²) in [5.74, 6) is 1.47. The first-order valence-electron chi connectivity index (χ1n) is 6.06. The van der Waals surface area contributed by atoms with Crippen molar-refractivity contribution >= 4 is 32.7 Å². The highest BCUT2D eigenvalue weighted by molar-refractivity contribution is 9.10. The Hall–Kier alpha value is -1.75. The number of halogens is 1. The number of nitrogen functional groups attached to an aromatic ring is 1. The summed E-state index contributed by atoms with van der Waals surface area (Å²) < 4.78 is 8.47. The third kappa shape index (κ3) is 1.94. The molecule has 2 heterocycles. The number of nitrogens with zero attached hydrogens (tertiary/aromatic N) is 2. The Labute approximate surface area is 119 Å². The van der Waals surface area contributed by atoms with Gasteiger partial charge in [0.25, 0.3) is 0 Å². The topological polar surface area (TPSA) is 57.0 Å². The van der Waals surface area contributed by atoms with E-state index in [0.717, 1.165) is 26.9 Å². The molecule has 0 aliphatic rings. The molecule has 5 heteroatoms. The van der Waals surface area contributed by atoms with Crippen LogP contribution in [0.5, 0.6) is 0 Å². The first-order chi connectivity index (χ1) is 9.08.